The van der Waals surface area contributed by atoms with Crippen LogP contribution in [0.5, 0.6) is 0 Å². The molecule has 6 nitrogen and oxygen atoms in total. The molecule has 0 radical (unpaired) electrons. The number of amides is 1. The van der Waals surface area contributed by atoms with E-state index >= 15 is 0 Å². The van der Waals surface area contributed by atoms with Gasteiger partial charge in [-0.25, -0.2) is 12.8 Å². The summed E-state index contributed by atoms with van der Waals surface area (Å²) in [5.41, 5.74) is 0.893. The number of hydrogen-bond acceptors (Lipinski definition) is 4. The van der Waals surface area contributed by atoms with E-state index in [0.29, 0.717) is 35.7 Å². The van der Waals surface area contributed by atoms with Gasteiger partial charge in [0.05, 0.1) is 4.90 Å². The molecule has 0 saturated carbocycles. The van der Waals surface area contributed by atoms with Crippen LogP contribution in [0.4, 0.5) is 10.1 Å². The van der Waals surface area contributed by atoms with Crippen LogP contribution in [-0.4, -0.2) is 48.0 Å². The minimum Gasteiger partial charge on any atom is -0.337 e. The lowest BCUT2D eigenvalue weighted by atomic mass is 10.2. The number of carbonyl (C=O) groups is 1. The van der Waals surface area contributed by atoms with E-state index in [9.17, 15) is 21.8 Å². The molecule has 0 spiro atoms. The van der Waals surface area contributed by atoms with Crippen LogP contribution in [0.3, 0.4) is 0 Å². The Kier molecular flexibility index (Phi) is 5.61. The highest BCUT2D eigenvalue weighted by Gasteiger charge is 2.22. The van der Waals surface area contributed by atoms with Gasteiger partial charge in [-0.15, -0.1) is 0 Å². The number of hydrogen-bond donors (Lipinski definition) is 1. The first kappa shape index (κ1) is 19.5. The van der Waals surface area contributed by atoms with E-state index in [1.807, 2.05) is 0 Å². The van der Waals surface area contributed by atoms with E-state index in [2.05, 4.69) is 4.72 Å². The number of nitrogens with one attached hydrogen (secondary N) is 1. The van der Waals surface area contributed by atoms with E-state index < -0.39 is 26.6 Å². The third-order valence-electron chi connectivity index (χ3n) is 4.28. The Hall–Kier alpha value is -2.26. The minimum absolute atomic E-state index is 0.194. The summed E-state index contributed by atoms with van der Waals surface area (Å²) in [6.45, 7) is 2.36. The maximum atomic E-state index is 13.7. The van der Waals surface area contributed by atoms with Gasteiger partial charge in [0.25, 0.3) is 15.9 Å². The number of sulfonamides is 1. The number of rotatable bonds is 4. The van der Waals surface area contributed by atoms with Gasteiger partial charge in [-0.05, 0) is 42.8 Å². The van der Waals surface area contributed by atoms with Crippen LogP contribution in [0.25, 0.3) is 0 Å². The van der Waals surface area contributed by atoms with Crippen molar-refractivity contribution in [2.24, 2.45) is 0 Å². The van der Waals surface area contributed by atoms with Crippen molar-refractivity contribution in [3.8, 4) is 0 Å². The van der Waals surface area contributed by atoms with Crippen molar-refractivity contribution in [1.29, 1.82) is 0 Å². The summed E-state index contributed by atoms with van der Waals surface area (Å²) in [7, 11) is -4.88. The smallest absolute Gasteiger partial charge is 0.261 e. The lowest BCUT2D eigenvalue weighted by Gasteiger charge is -2.26. The molecule has 1 heterocycles. The molecule has 2 aromatic rings. The molecule has 9 heteroatoms. The second kappa shape index (κ2) is 7.77. The van der Waals surface area contributed by atoms with Crippen LogP contribution in [0.15, 0.2) is 47.4 Å². The molecule has 1 aliphatic rings. The summed E-state index contributed by atoms with van der Waals surface area (Å²) >= 11 is 0. The fourth-order valence-corrected chi connectivity index (χ4v) is 4.81. The van der Waals surface area contributed by atoms with Crippen LogP contribution < -0.4 is 4.72 Å². The summed E-state index contributed by atoms with van der Waals surface area (Å²) in [6, 6.07) is 9.80. The van der Waals surface area contributed by atoms with Crippen LogP contribution in [0, 0.1) is 12.7 Å². The summed E-state index contributed by atoms with van der Waals surface area (Å²) in [5.74, 6) is 0.0343. The van der Waals surface area contributed by atoms with Crippen LogP contribution in [0.1, 0.15) is 15.9 Å². The maximum absolute atomic E-state index is 13.7. The molecular weight excluding hydrogens is 391 g/mol. The van der Waals surface area contributed by atoms with Gasteiger partial charge in [-0.1, -0.05) is 12.1 Å². The fraction of sp³-hybridized carbons (Fsp3) is 0.278. The topological polar surface area (TPSA) is 83.6 Å². The standard InChI is InChI=1S/C18H19FN2O4S2/c1-13-5-6-16(12-17(13)19)27(24,25)20-15-4-2-3-14(11-15)18(22)21-7-9-26(23)10-8-21/h2-6,11-12,20H,7-10H2,1H3. The highest BCUT2D eigenvalue weighted by atomic mass is 32.2. The zero-order valence-electron chi connectivity index (χ0n) is 14.6. The van der Waals surface area contributed by atoms with Gasteiger partial charge in [-0.3, -0.25) is 13.7 Å². The van der Waals surface area contributed by atoms with Gasteiger partial charge in [-0.2, -0.15) is 0 Å². The molecular formula is C18H19FN2O4S2. The number of nitrogens with zero attached hydrogens (tertiary/aromatic N) is 1. The molecule has 0 aromatic heterocycles. The van der Waals surface area contributed by atoms with E-state index in [1.165, 1.54) is 24.3 Å². The Morgan fingerprint density at radius 3 is 2.52 bits per heavy atom. The molecule has 1 saturated heterocycles. The first-order valence-corrected chi connectivity index (χ1v) is 11.3. The Balaban J connectivity index is 1.80. The summed E-state index contributed by atoms with van der Waals surface area (Å²) in [4.78, 5) is 14.0. The molecule has 0 aliphatic carbocycles. The Morgan fingerprint density at radius 1 is 1.15 bits per heavy atom. The van der Waals surface area contributed by atoms with Gasteiger partial charge < -0.3 is 4.90 Å². The predicted molar refractivity (Wildman–Crippen MR) is 102 cm³/mol. The molecule has 0 atom stereocenters. The van der Waals surface area contributed by atoms with Gasteiger partial charge in [0.1, 0.15) is 5.82 Å². The third kappa shape index (κ3) is 4.54. The van der Waals surface area contributed by atoms with E-state index in [1.54, 1.807) is 24.0 Å². The SMILES string of the molecule is Cc1ccc(S(=O)(=O)Nc2cccc(C(=O)N3CCS(=O)CC3)c2)cc1F. The highest BCUT2D eigenvalue weighted by Crippen LogP contribution is 2.20. The van der Waals surface area contributed by atoms with Gasteiger partial charge >= 0.3 is 0 Å². The summed E-state index contributed by atoms with van der Waals surface area (Å²) in [5, 5.41) is 0. The largest absolute Gasteiger partial charge is 0.337 e. The average Bonchev–Trinajstić information content (AvgIpc) is 2.64. The lowest BCUT2D eigenvalue weighted by molar-refractivity contribution is 0.0771. The summed E-state index contributed by atoms with van der Waals surface area (Å²) < 4.78 is 52.4. The third-order valence-corrected chi connectivity index (χ3v) is 6.94. The monoisotopic (exact) mass is 410 g/mol. The number of benzene rings is 2. The zero-order chi connectivity index (χ0) is 19.6. The molecule has 144 valence electrons. The zero-order valence-corrected chi connectivity index (χ0v) is 16.3. The summed E-state index contributed by atoms with van der Waals surface area (Å²) in [6.07, 6.45) is 0. The first-order valence-electron chi connectivity index (χ1n) is 8.29. The molecule has 0 bridgehead atoms. The van der Waals surface area contributed by atoms with Crippen molar-refractivity contribution in [2.45, 2.75) is 11.8 Å². The average molecular weight is 410 g/mol. The second-order valence-corrected chi connectivity index (χ2v) is 9.62. The molecule has 1 fully saturated rings. The lowest BCUT2D eigenvalue weighted by Crippen LogP contribution is -2.41. The molecule has 0 unspecified atom stereocenters. The molecule has 27 heavy (non-hydrogen) atoms. The molecule has 2 aromatic carbocycles. The molecule has 3 rings (SSSR count). The van der Waals surface area contributed by atoms with E-state index in [4.69, 9.17) is 0 Å². The Morgan fingerprint density at radius 2 is 1.85 bits per heavy atom. The van der Waals surface area contributed by atoms with Crippen molar-refractivity contribution < 1.29 is 21.8 Å². The van der Waals surface area contributed by atoms with Gasteiger partial charge in [0.15, 0.2) is 0 Å². The van der Waals surface area contributed by atoms with Crippen molar-refractivity contribution >= 4 is 32.4 Å². The second-order valence-electron chi connectivity index (χ2n) is 6.24. The van der Waals surface area contributed by atoms with E-state index in [0.717, 1.165) is 6.07 Å². The van der Waals surface area contributed by atoms with Crippen molar-refractivity contribution in [3.63, 3.8) is 0 Å². The fourth-order valence-electron chi connectivity index (χ4n) is 2.69. The van der Waals surface area contributed by atoms with Gasteiger partial charge in [0.2, 0.25) is 0 Å². The normalized spacial score (nSPS) is 15.6. The Labute approximate surface area is 159 Å². The minimum atomic E-state index is -3.98. The van der Waals surface area contributed by atoms with Gasteiger partial charge in [0, 0.05) is 46.6 Å². The van der Waals surface area contributed by atoms with Crippen molar-refractivity contribution in [2.75, 3.05) is 29.3 Å². The number of halogens is 1. The molecule has 1 aliphatic heterocycles. The van der Waals surface area contributed by atoms with Crippen molar-refractivity contribution in [1.82, 2.24) is 4.90 Å². The van der Waals surface area contributed by atoms with Crippen molar-refractivity contribution in [3.05, 3.63) is 59.4 Å². The predicted octanol–water partition coefficient (Wildman–Crippen LogP) is 2.14. The maximum Gasteiger partial charge on any atom is 0.261 e. The number of aryl methyl sites for hydroxylation is 1. The quantitative estimate of drug-likeness (QED) is 0.837. The Bertz CT molecular complexity index is 998. The molecule has 1 N–H and O–H groups in total. The number of anilines is 1. The first-order chi connectivity index (χ1) is 12.8. The molecule has 1 amide bonds. The highest BCUT2D eigenvalue weighted by molar-refractivity contribution is 7.92. The van der Waals surface area contributed by atoms with E-state index in [-0.39, 0.29) is 16.5 Å². The van der Waals surface area contributed by atoms with Crippen LogP contribution in [0.2, 0.25) is 0 Å². The van der Waals surface area contributed by atoms with Crippen LogP contribution >= 0.6 is 0 Å². The number of carbonyl (C=O) groups excluding carboxylic acids is 1. The van der Waals surface area contributed by atoms with Crippen LogP contribution in [-0.2, 0) is 20.8 Å².